The van der Waals surface area contributed by atoms with Crippen LogP contribution in [0.3, 0.4) is 0 Å². The first kappa shape index (κ1) is 7.71. The van der Waals surface area contributed by atoms with Crippen LogP contribution < -0.4 is 0 Å². The standard InChI is InChI=1S/C10H14N2/c1-2-7-12-10(5-1)9-4-3-6-11-8-9/h1-2,6-7,9-10H,3-5,8H2. The molecule has 0 aromatic carbocycles. The molecule has 2 heteroatoms. The number of dihydropyridines is 1. The van der Waals surface area contributed by atoms with Crippen molar-refractivity contribution in [2.45, 2.75) is 25.3 Å². The maximum atomic E-state index is 4.47. The lowest BCUT2D eigenvalue weighted by atomic mass is 9.90. The molecule has 0 aromatic rings. The molecule has 2 unspecified atom stereocenters. The van der Waals surface area contributed by atoms with Crippen molar-refractivity contribution in [2.24, 2.45) is 15.9 Å². The van der Waals surface area contributed by atoms with Gasteiger partial charge < -0.3 is 0 Å². The molecule has 64 valence electrons. The Morgan fingerprint density at radius 2 is 2.33 bits per heavy atom. The van der Waals surface area contributed by atoms with Gasteiger partial charge in [0.25, 0.3) is 0 Å². The molecule has 2 heterocycles. The molecule has 0 spiro atoms. The number of aliphatic imine (C=N–C) groups is 2. The number of rotatable bonds is 1. The third-order valence-electron chi connectivity index (χ3n) is 2.56. The van der Waals surface area contributed by atoms with E-state index in [4.69, 9.17) is 0 Å². The van der Waals surface area contributed by atoms with Gasteiger partial charge in [0.15, 0.2) is 0 Å². The molecule has 0 N–H and O–H groups in total. The highest BCUT2D eigenvalue weighted by atomic mass is 14.8. The van der Waals surface area contributed by atoms with Gasteiger partial charge in [0.2, 0.25) is 0 Å². The van der Waals surface area contributed by atoms with Crippen molar-refractivity contribution in [3.8, 4) is 0 Å². The molecule has 0 aliphatic carbocycles. The van der Waals surface area contributed by atoms with E-state index in [2.05, 4.69) is 16.1 Å². The van der Waals surface area contributed by atoms with Crippen molar-refractivity contribution in [3.05, 3.63) is 12.2 Å². The van der Waals surface area contributed by atoms with E-state index in [1.165, 1.54) is 6.42 Å². The Labute approximate surface area is 73.1 Å². The van der Waals surface area contributed by atoms with Crippen molar-refractivity contribution in [2.75, 3.05) is 6.54 Å². The Morgan fingerprint density at radius 3 is 3.00 bits per heavy atom. The largest absolute Gasteiger partial charge is 0.297 e. The van der Waals surface area contributed by atoms with Gasteiger partial charge >= 0.3 is 0 Å². The summed E-state index contributed by atoms with van der Waals surface area (Å²) < 4.78 is 0. The average Bonchev–Trinajstić information content (AvgIpc) is 2.21. The summed E-state index contributed by atoms with van der Waals surface area (Å²) in [5.74, 6) is 0.691. The summed E-state index contributed by atoms with van der Waals surface area (Å²) in [7, 11) is 0. The first-order chi connectivity index (χ1) is 5.97. The first-order valence-corrected chi connectivity index (χ1v) is 4.63. The van der Waals surface area contributed by atoms with Crippen LogP contribution in [0.5, 0.6) is 0 Å². The SMILES string of the molecule is C1=CCC(C2CCC=NC2)N=C1. The van der Waals surface area contributed by atoms with Gasteiger partial charge in [-0.25, -0.2) is 0 Å². The Bertz CT molecular complexity index is 228. The minimum absolute atomic E-state index is 0.507. The topological polar surface area (TPSA) is 24.7 Å². The molecule has 0 saturated carbocycles. The second-order valence-corrected chi connectivity index (χ2v) is 3.41. The molecule has 2 aliphatic heterocycles. The van der Waals surface area contributed by atoms with Crippen molar-refractivity contribution >= 4 is 12.4 Å². The normalized spacial score (nSPS) is 34.0. The molecule has 0 fully saturated rings. The third-order valence-corrected chi connectivity index (χ3v) is 2.56. The summed E-state index contributed by atoms with van der Waals surface area (Å²) in [4.78, 5) is 8.78. The smallest absolute Gasteiger partial charge is 0.0579 e. The van der Waals surface area contributed by atoms with E-state index in [1.807, 2.05) is 18.5 Å². The van der Waals surface area contributed by atoms with Crippen LogP contribution in [0.15, 0.2) is 22.1 Å². The maximum Gasteiger partial charge on any atom is 0.0579 e. The lowest BCUT2D eigenvalue weighted by Gasteiger charge is -2.24. The summed E-state index contributed by atoms with van der Waals surface area (Å²) >= 11 is 0. The minimum Gasteiger partial charge on any atom is -0.297 e. The Balaban J connectivity index is 1.95. The number of allylic oxidation sites excluding steroid dienone is 1. The fourth-order valence-electron chi connectivity index (χ4n) is 1.81. The zero-order chi connectivity index (χ0) is 8.23. The molecular weight excluding hydrogens is 148 g/mol. The van der Waals surface area contributed by atoms with E-state index in [9.17, 15) is 0 Å². The average molecular weight is 162 g/mol. The highest BCUT2D eigenvalue weighted by Gasteiger charge is 2.20. The van der Waals surface area contributed by atoms with Crippen LogP contribution >= 0.6 is 0 Å². The van der Waals surface area contributed by atoms with Crippen LogP contribution in [0, 0.1) is 5.92 Å². The van der Waals surface area contributed by atoms with Gasteiger partial charge in [0.05, 0.1) is 6.04 Å². The van der Waals surface area contributed by atoms with Crippen LogP contribution in [0.25, 0.3) is 0 Å². The quantitative estimate of drug-likeness (QED) is 0.562. The third kappa shape index (κ3) is 1.63. The zero-order valence-corrected chi connectivity index (χ0v) is 7.19. The molecule has 2 atom stereocenters. The van der Waals surface area contributed by atoms with Crippen molar-refractivity contribution < 1.29 is 0 Å². The lowest BCUT2D eigenvalue weighted by molar-refractivity contribution is 0.404. The van der Waals surface area contributed by atoms with Gasteiger partial charge in [-0.1, -0.05) is 6.08 Å². The van der Waals surface area contributed by atoms with Crippen LogP contribution in [-0.4, -0.2) is 25.0 Å². The van der Waals surface area contributed by atoms with Gasteiger partial charge in [-0.2, -0.15) is 0 Å². The second kappa shape index (κ2) is 3.65. The van der Waals surface area contributed by atoms with E-state index >= 15 is 0 Å². The zero-order valence-electron chi connectivity index (χ0n) is 7.19. The Kier molecular flexibility index (Phi) is 2.35. The fourth-order valence-corrected chi connectivity index (χ4v) is 1.81. The molecule has 12 heavy (non-hydrogen) atoms. The minimum atomic E-state index is 0.507. The molecule has 0 amide bonds. The van der Waals surface area contributed by atoms with Crippen LogP contribution in [-0.2, 0) is 0 Å². The first-order valence-electron chi connectivity index (χ1n) is 4.63. The fraction of sp³-hybridized carbons (Fsp3) is 0.600. The molecule has 2 nitrogen and oxygen atoms in total. The summed E-state index contributed by atoms with van der Waals surface area (Å²) in [6.45, 7) is 0.982. The summed E-state index contributed by atoms with van der Waals surface area (Å²) in [6.07, 6.45) is 11.7. The molecule has 0 radical (unpaired) electrons. The van der Waals surface area contributed by atoms with E-state index in [-0.39, 0.29) is 0 Å². The molecule has 2 aliphatic rings. The van der Waals surface area contributed by atoms with Crippen molar-refractivity contribution in [1.82, 2.24) is 0 Å². The monoisotopic (exact) mass is 162 g/mol. The molecule has 2 rings (SSSR count). The molecular formula is C10H14N2. The highest BCUT2D eigenvalue weighted by molar-refractivity contribution is 5.72. The van der Waals surface area contributed by atoms with Crippen LogP contribution in [0.4, 0.5) is 0 Å². The van der Waals surface area contributed by atoms with Crippen LogP contribution in [0.2, 0.25) is 0 Å². The van der Waals surface area contributed by atoms with Gasteiger partial charge in [-0.05, 0) is 31.6 Å². The van der Waals surface area contributed by atoms with Gasteiger partial charge in [0, 0.05) is 18.7 Å². The molecule has 0 bridgehead atoms. The van der Waals surface area contributed by atoms with E-state index < -0.39 is 0 Å². The Morgan fingerprint density at radius 1 is 1.33 bits per heavy atom. The lowest BCUT2D eigenvalue weighted by Crippen LogP contribution is -2.24. The number of hydrogen-bond donors (Lipinski definition) is 0. The van der Waals surface area contributed by atoms with E-state index in [0.29, 0.717) is 12.0 Å². The molecule has 0 aromatic heterocycles. The van der Waals surface area contributed by atoms with E-state index in [0.717, 1.165) is 19.4 Å². The van der Waals surface area contributed by atoms with Gasteiger partial charge in [0.1, 0.15) is 0 Å². The van der Waals surface area contributed by atoms with Gasteiger partial charge in [-0.3, -0.25) is 9.98 Å². The summed E-state index contributed by atoms with van der Waals surface area (Å²) in [6, 6.07) is 0.507. The number of nitrogens with zero attached hydrogens (tertiary/aromatic N) is 2. The summed E-state index contributed by atoms with van der Waals surface area (Å²) in [5, 5.41) is 0. The van der Waals surface area contributed by atoms with Crippen molar-refractivity contribution in [1.29, 1.82) is 0 Å². The van der Waals surface area contributed by atoms with Crippen molar-refractivity contribution in [3.63, 3.8) is 0 Å². The summed E-state index contributed by atoms with van der Waals surface area (Å²) in [5.41, 5.74) is 0. The second-order valence-electron chi connectivity index (χ2n) is 3.41. The Hall–Kier alpha value is -0.920. The molecule has 0 saturated heterocycles. The maximum absolute atomic E-state index is 4.47. The van der Waals surface area contributed by atoms with Crippen LogP contribution in [0.1, 0.15) is 19.3 Å². The predicted octanol–water partition coefficient (Wildman–Crippen LogP) is 1.87. The predicted molar refractivity (Wildman–Crippen MR) is 52.1 cm³/mol. The highest BCUT2D eigenvalue weighted by Crippen LogP contribution is 2.21. The van der Waals surface area contributed by atoms with E-state index in [1.54, 1.807) is 0 Å². The van der Waals surface area contributed by atoms with Gasteiger partial charge in [-0.15, -0.1) is 0 Å². The number of hydrogen-bond acceptors (Lipinski definition) is 2.